The average molecular weight is 234 g/mol. The molecule has 0 bridgehead atoms. The van der Waals surface area contributed by atoms with Gasteiger partial charge in [-0.05, 0) is 36.2 Å². The van der Waals surface area contributed by atoms with Crippen LogP contribution in [-0.2, 0) is 13.0 Å². The molecule has 1 atom stereocenters. The van der Waals surface area contributed by atoms with Crippen molar-refractivity contribution in [2.75, 3.05) is 0 Å². The van der Waals surface area contributed by atoms with Crippen molar-refractivity contribution in [3.8, 4) is 0 Å². The highest BCUT2D eigenvalue weighted by Crippen LogP contribution is 2.40. The van der Waals surface area contributed by atoms with Crippen LogP contribution in [0.1, 0.15) is 44.7 Å². The molecule has 0 radical (unpaired) electrons. The first kappa shape index (κ1) is 12.4. The zero-order valence-corrected chi connectivity index (χ0v) is 11.0. The van der Waals surface area contributed by atoms with Gasteiger partial charge in [-0.15, -0.1) is 0 Å². The summed E-state index contributed by atoms with van der Waals surface area (Å²) in [6.45, 7) is 6.98. The minimum absolute atomic E-state index is 0.0725. The van der Waals surface area contributed by atoms with E-state index in [2.05, 4.69) is 26.8 Å². The molecule has 2 rings (SSSR count). The molecule has 2 nitrogen and oxygen atoms in total. The predicted molar refractivity (Wildman–Crippen MR) is 68.6 cm³/mol. The monoisotopic (exact) mass is 234 g/mol. The molecule has 0 aromatic carbocycles. The smallest absolute Gasteiger partial charge is 0.0960 e. The van der Waals surface area contributed by atoms with Crippen LogP contribution in [0.5, 0.6) is 0 Å². The molecule has 1 aliphatic rings. The molecule has 0 saturated carbocycles. The van der Waals surface area contributed by atoms with Gasteiger partial charge in [0.2, 0.25) is 0 Å². The fourth-order valence-electron chi connectivity index (χ4n) is 2.61. The van der Waals surface area contributed by atoms with Crippen molar-refractivity contribution < 1.29 is 9.52 Å². The Hall–Kier alpha value is -1.02. The maximum atomic E-state index is 9.19. The molecule has 1 aliphatic carbocycles. The largest absolute Gasteiger partial charge is 0.472 e. The summed E-state index contributed by atoms with van der Waals surface area (Å²) in [5, 5.41) is 9.19. The molecular weight excluding hydrogens is 212 g/mol. The molecule has 0 saturated heterocycles. The highest BCUT2D eigenvalue weighted by Gasteiger charge is 2.27. The van der Waals surface area contributed by atoms with Crippen LogP contribution in [0, 0.1) is 11.3 Å². The van der Waals surface area contributed by atoms with Crippen LogP contribution in [-0.4, -0.2) is 5.11 Å². The first-order valence-electron chi connectivity index (χ1n) is 6.35. The molecule has 0 spiro atoms. The summed E-state index contributed by atoms with van der Waals surface area (Å²) in [4.78, 5) is 0. The Balaban J connectivity index is 2.01. The van der Waals surface area contributed by atoms with Gasteiger partial charge in [-0.2, -0.15) is 0 Å². The molecule has 1 aromatic rings. The van der Waals surface area contributed by atoms with Crippen LogP contribution in [0.25, 0.3) is 0 Å². The van der Waals surface area contributed by atoms with Crippen molar-refractivity contribution in [1.29, 1.82) is 0 Å². The van der Waals surface area contributed by atoms with Gasteiger partial charge in [0.1, 0.15) is 0 Å². The Labute approximate surface area is 103 Å². The maximum Gasteiger partial charge on any atom is 0.0960 e. The van der Waals surface area contributed by atoms with Crippen LogP contribution >= 0.6 is 0 Å². The molecule has 0 fully saturated rings. The lowest BCUT2D eigenvalue weighted by Gasteiger charge is -2.19. The minimum Gasteiger partial charge on any atom is -0.472 e. The topological polar surface area (TPSA) is 33.4 Å². The van der Waals surface area contributed by atoms with Gasteiger partial charge in [0.25, 0.3) is 0 Å². The highest BCUT2D eigenvalue weighted by atomic mass is 16.3. The van der Waals surface area contributed by atoms with E-state index in [0.717, 1.165) is 17.5 Å². The van der Waals surface area contributed by atoms with Crippen molar-refractivity contribution in [3.05, 3.63) is 35.3 Å². The van der Waals surface area contributed by atoms with Crippen LogP contribution < -0.4 is 0 Å². The quantitative estimate of drug-likeness (QED) is 0.806. The first-order chi connectivity index (χ1) is 8.02. The molecule has 1 aromatic heterocycles. The standard InChI is InChI=1S/C15H22O2/c1-11(12-4-5-15(2,3)7-12)6-13-9-17-10-14(13)8-16/h4,9-11,16H,5-8H2,1-3H3/t11-/m1/s1. The zero-order valence-electron chi connectivity index (χ0n) is 11.0. The van der Waals surface area contributed by atoms with E-state index in [4.69, 9.17) is 4.42 Å². The summed E-state index contributed by atoms with van der Waals surface area (Å²) in [7, 11) is 0. The van der Waals surface area contributed by atoms with Crippen molar-refractivity contribution in [1.82, 2.24) is 0 Å². The second-order valence-corrected chi connectivity index (χ2v) is 6.01. The lowest BCUT2D eigenvalue weighted by atomic mass is 9.85. The summed E-state index contributed by atoms with van der Waals surface area (Å²) in [6, 6.07) is 0. The summed E-state index contributed by atoms with van der Waals surface area (Å²) >= 11 is 0. The molecule has 17 heavy (non-hydrogen) atoms. The van der Waals surface area contributed by atoms with Gasteiger partial charge >= 0.3 is 0 Å². The number of allylic oxidation sites excluding steroid dienone is 2. The van der Waals surface area contributed by atoms with Crippen LogP contribution in [0.2, 0.25) is 0 Å². The third kappa shape index (κ3) is 2.81. The van der Waals surface area contributed by atoms with Gasteiger partial charge in [0, 0.05) is 5.56 Å². The Kier molecular flexibility index (Phi) is 3.43. The van der Waals surface area contributed by atoms with Gasteiger partial charge in [-0.25, -0.2) is 0 Å². The second kappa shape index (κ2) is 4.69. The molecule has 0 aliphatic heterocycles. The third-order valence-corrected chi connectivity index (χ3v) is 3.76. The SMILES string of the molecule is C[C@H](Cc1cocc1CO)C1=CCC(C)(C)C1. The van der Waals surface area contributed by atoms with E-state index in [1.165, 1.54) is 12.8 Å². The van der Waals surface area contributed by atoms with E-state index in [1.54, 1.807) is 18.1 Å². The van der Waals surface area contributed by atoms with Crippen LogP contribution in [0.15, 0.2) is 28.6 Å². The number of furan rings is 1. The van der Waals surface area contributed by atoms with E-state index in [9.17, 15) is 5.11 Å². The zero-order chi connectivity index (χ0) is 12.5. The number of aliphatic hydroxyl groups is 1. The molecule has 0 amide bonds. The maximum absolute atomic E-state index is 9.19. The van der Waals surface area contributed by atoms with Gasteiger partial charge in [-0.3, -0.25) is 0 Å². The number of aliphatic hydroxyl groups excluding tert-OH is 1. The van der Waals surface area contributed by atoms with E-state index in [1.807, 2.05) is 0 Å². The Morgan fingerprint density at radius 3 is 2.65 bits per heavy atom. The third-order valence-electron chi connectivity index (χ3n) is 3.76. The minimum atomic E-state index is 0.0725. The predicted octanol–water partition coefficient (Wildman–Crippen LogP) is 3.70. The summed E-state index contributed by atoms with van der Waals surface area (Å²) < 4.78 is 5.16. The number of rotatable bonds is 4. The number of hydrogen-bond donors (Lipinski definition) is 1. The van der Waals surface area contributed by atoms with Crippen molar-refractivity contribution in [2.45, 2.75) is 46.6 Å². The molecule has 94 valence electrons. The summed E-state index contributed by atoms with van der Waals surface area (Å²) in [6.07, 6.45) is 9.15. The van der Waals surface area contributed by atoms with Gasteiger partial charge in [-0.1, -0.05) is 32.4 Å². The van der Waals surface area contributed by atoms with Gasteiger partial charge < -0.3 is 9.52 Å². The fraction of sp³-hybridized carbons (Fsp3) is 0.600. The normalized spacial score (nSPS) is 20.4. The second-order valence-electron chi connectivity index (χ2n) is 6.01. The van der Waals surface area contributed by atoms with Crippen molar-refractivity contribution in [3.63, 3.8) is 0 Å². The van der Waals surface area contributed by atoms with Crippen LogP contribution in [0.4, 0.5) is 0 Å². The lowest BCUT2D eigenvalue weighted by Crippen LogP contribution is -2.09. The Morgan fingerprint density at radius 2 is 2.06 bits per heavy atom. The molecular formula is C15H22O2. The van der Waals surface area contributed by atoms with Crippen molar-refractivity contribution in [2.24, 2.45) is 11.3 Å². The molecule has 2 heteroatoms. The van der Waals surface area contributed by atoms with E-state index < -0.39 is 0 Å². The molecule has 1 heterocycles. The van der Waals surface area contributed by atoms with E-state index in [0.29, 0.717) is 11.3 Å². The van der Waals surface area contributed by atoms with Gasteiger partial charge in [0.05, 0.1) is 19.1 Å². The fourth-order valence-corrected chi connectivity index (χ4v) is 2.61. The number of hydrogen-bond acceptors (Lipinski definition) is 2. The van der Waals surface area contributed by atoms with Gasteiger partial charge in [0.15, 0.2) is 0 Å². The van der Waals surface area contributed by atoms with E-state index in [-0.39, 0.29) is 6.61 Å². The summed E-state index contributed by atoms with van der Waals surface area (Å²) in [5.74, 6) is 0.541. The first-order valence-corrected chi connectivity index (χ1v) is 6.35. The lowest BCUT2D eigenvalue weighted by molar-refractivity contribution is 0.279. The Morgan fingerprint density at radius 1 is 1.35 bits per heavy atom. The van der Waals surface area contributed by atoms with E-state index >= 15 is 0 Å². The molecule has 0 unspecified atom stereocenters. The Bertz CT molecular complexity index is 412. The highest BCUT2D eigenvalue weighted by molar-refractivity contribution is 5.24. The van der Waals surface area contributed by atoms with Crippen LogP contribution in [0.3, 0.4) is 0 Å². The van der Waals surface area contributed by atoms with Crippen molar-refractivity contribution >= 4 is 0 Å². The summed E-state index contributed by atoms with van der Waals surface area (Å²) in [5.41, 5.74) is 4.06. The molecule has 1 N–H and O–H groups in total. The average Bonchev–Trinajstić information content (AvgIpc) is 2.84.